The average Bonchev–Trinajstić information content (AvgIpc) is 3.07. The minimum absolute atomic E-state index is 0.217. The number of carbonyl (C=O) groups is 1. The van der Waals surface area contributed by atoms with E-state index in [0.717, 1.165) is 23.3 Å². The summed E-state index contributed by atoms with van der Waals surface area (Å²) in [5.41, 5.74) is 2.14. The number of rotatable bonds is 6. The molecule has 1 N–H and O–H groups in total. The van der Waals surface area contributed by atoms with Crippen molar-refractivity contribution in [3.8, 4) is 11.6 Å². The van der Waals surface area contributed by atoms with Gasteiger partial charge in [-0.25, -0.2) is 4.79 Å². The number of urea groups is 1. The Bertz CT molecular complexity index is 762. The number of methoxy groups -OCH3 is 1. The topological polar surface area (TPSA) is 76.6 Å². The molecular formula is C19H24N4O3. The third kappa shape index (κ3) is 4.22. The van der Waals surface area contributed by atoms with Crippen LogP contribution in [0, 0.1) is 5.92 Å². The summed E-state index contributed by atoms with van der Waals surface area (Å²) >= 11 is 0. The van der Waals surface area contributed by atoms with Gasteiger partial charge in [-0.3, -0.25) is 5.32 Å². The van der Waals surface area contributed by atoms with Gasteiger partial charge < -0.3 is 14.4 Å². The van der Waals surface area contributed by atoms with Crippen LogP contribution < -0.4 is 14.8 Å². The minimum Gasteiger partial charge on any atom is -0.496 e. The molecule has 138 valence electrons. The van der Waals surface area contributed by atoms with Crippen molar-refractivity contribution in [2.75, 3.05) is 19.0 Å². The number of hydrogen-bond donors (Lipinski definition) is 1. The van der Waals surface area contributed by atoms with Crippen LogP contribution in [0.5, 0.6) is 11.6 Å². The van der Waals surface area contributed by atoms with Crippen molar-refractivity contribution in [2.24, 2.45) is 5.92 Å². The van der Waals surface area contributed by atoms with Gasteiger partial charge in [0.25, 0.3) is 0 Å². The molecule has 7 nitrogen and oxygen atoms in total. The van der Waals surface area contributed by atoms with Gasteiger partial charge in [0.1, 0.15) is 5.75 Å². The van der Waals surface area contributed by atoms with Gasteiger partial charge in [-0.15, -0.1) is 10.2 Å². The molecule has 3 rings (SSSR count). The fourth-order valence-corrected chi connectivity index (χ4v) is 2.78. The van der Waals surface area contributed by atoms with E-state index in [4.69, 9.17) is 9.47 Å². The Morgan fingerprint density at radius 3 is 2.77 bits per heavy atom. The largest absolute Gasteiger partial charge is 0.496 e. The van der Waals surface area contributed by atoms with Gasteiger partial charge in [-0.1, -0.05) is 26.0 Å². The van der Waals surface area contributed by atoms with E-state index < -0.39 is 0 Å². The van der Waals surface area contributed by atoms with Gasteiger partial charge in [0, 0.05) is 18.2 Å². The van der Waals surface area contributed by atoms with Gasteiger partial charge in [0.05, 0.1) is 20.3 Å². The van der Waals surface area contributed by atoms with Crippen molar-refractivity contribution in [3.63, 3.8) is 0 Å². The fourth-order valence-electron chi connectivity index (χ4n) is 2.78. The highest BCUT2D eigenvalue weighted by Crippen LogP contribution is 2.30. The zero-order valence-corrected chi connectivity index (χ0v) is 15.4. The summed E-state index contributed by atoms with van der Waals surface area (Å²) in [6, 6.07) is 9.04. The molecule has 0 atom stereocenters. The first-order chi connectivity index (χ1) is 12.6. The van der Waals surface area contributed by atoms with E-state index in [0.29, 0.717) is 37.3 Å². The number of nitrogens with zero attached hydrogens (tertiary/aromatic N) is 3. The van der Waals surface area contributed by atoms with Gasteiger partial charge in [-0.2, -0.15) is 0 Å². The minimum atomic E-state index is -0.217. The molecule has 0 bridgehead atoms. The molecule has 0 radical (unpaired) electrons. The van der Waals surface area contributed by atoms with Crippen molar-refractivity contribution < 1.29 is 14.3 Å². The van der Waals surface area contributed by atoms with Crippen molar-refractivity contribution in [1.29, 1.82) is 0 Å². The lowest BCUT2D eigenvalue weighted by atomic mass is 10.1. The maximum absolute atomic E-state index is 12.5. The Kier molecular flexibility index (Phi) is 5.55. The average molecular weight is 356 g/mol. The van der Waals surface area contributed by atoms with E-state index in [-0.39, 0.29) is 6.03 Å². The SMILES string of the molecule is COc1cccc2c1CN(C(=O)Nc1ccc(OCCC(C)C)nn1)C2. The molecule has 0 unspecified atom stereocenters. The van der Waals surface area contributed by atoms with E-state index in [9.17, 15) is 4.79 Å². The van der Waals surface area contributed by atoms with Gasteiger partial charge in [0.15, 0.2) is 5.82 Å². The lowest BCUT2D eigenvalue weighted by Gasteiger charge is -2.16. The third-order valence-corrected chi connectivity index (χ3v) is 4.27. The molecule has 1 aliphatic heterocycles. The second-order valence-electron chi connectivity index (χ2n) is 6.67. The number of fused-ring (bicyclic) bond motifs is 1. The predicted octanol–water partition coefficient (Wildman–Crippen LogP) is 3.46. The second-order valence-corrected chi connectivity index (χ2v) is 6.67. The number of nitrogens with one attached hydrogen (secondary N) is 1. The zero-order chi connectivity index (χ0) is 18.5. The Hall–Kier alpha value is -2.83. The van der Waals surface area contributed by atoms with Crippen LogP contribution >= 0.6 is 0 Å². The van der Waals surface area contributed by atoms with Gasteiger partial charge >= 0.3 is 6.03 Å². The molecule has 2 heterocycles. The highest BCUT2D eigenvalue weighted by Gasteiger charge is 2.26. The van der Waals surface area contributed by atoms with E-state index in [1.807, 2.05) is 18.2 Å². The number of ether oxygens (including phenoxy) is 2. The molecule has 1 aromatic carbocycles. The number of hydrogen-bond acceptors (Lipinski definition) is 5. The van der Waals surface area contributed by atoms with Crippen LogP contribution in [0.2, 0.25) is 0 Å². The number of carbonyl (C=O) groups excluding carboxylic acids is 1. The summed E-state index contributed by atoms with van der Waals surface area (Å²) in [6.45, 7) is 5.93. The highest BCUT2D eigenvalue weighted by molar-refractivity contribution is 5.88. The fraction of sp³-hybridized carbons (Fsp3) is 0.421. The van der Waals surface area contributed by atoms with Gasteiger partial charge in [0.2, 0.25) is 5.88 Å². The van der Waals surface area contributed by atoms with Gasteiger partial charge in [-0.05, 0) is 30.0 Å². The Labute approximate surface area is 153 Å². The van der Waals surface area contributed by atoms with Crippen molar-refractivity contribution in [3.05, 3.63) is 41.5 Å². The smallest absolute Gasteiger partial charge is 0.323 e. The summed E-state index contributed by atoms with van der Waals surface area (Å²) in [6.07, 6.45) is 0.957. The Balaban J connectivity index is 1.56. The number of aromatic nitrogens is 2. The molecule has 1 aliphatic rings. The summed E-state index contributed by atoms with van der Waals surface area (Å²) in [5, 5.41) is 10.8. The first-order valence-corrected chi connectivity index (χ1v) is 8.74. The molecule has 2 amide bonds. The molecule has 2 aromatic rings. The maximum atomic E-state index is 12.5. The summed E-state index contributed by atoms with van der Waals surface area (Å²) in [5.74, 6) is 2.24. The summed E-state index contributed by atoms with van der Waals surface area (Å²) in [4.78, 5) is 14.2. The highest BCUT2D eigenvalue weighted by atomic mass is 16.5. The number of benzene rings is 1. The van der Waals surface area contributed by atoms with E-state index in [1.54, 1.807) is 24.1 Å². The van der Waals surface area contributed by atoms with E-state index in [1.165, 1.54) is 0 Å². The zero-order valence-electron chi connectivity index (χ0n) is 15.4. The molecule has 0 saturated carbocycles. The third-order valence-electron chi connectivity index (χ3n) is 4.27. The number of anilines is 1. The molecule has 26 heavy (non-hydrogen) atoms. The van der Waals surface area contributed by atoms with Crippen LogP contribution in [-0.2, 0) is 13.1 Å². The molecule has 0 fully saturated rings. The Morgan fingerprint density at radius 2 is 2.08 bits per heavy atom. The van der Waals surface area contributed by atoms with Crippen LogP contribution in [0.4, 0.5) is 10.6 Å². The lowest BCUT2D eigenvalue weighted by Crippen LogP contribution is -2.30. The molecule has 1 aromatic heterocycles. The van der Waals surface area contributed by atoms with Crippen molar-refractivity contribution in [2.45, 2.75) is 33.4 Å². The molecule has 0 spiro atoms. The summed E-state index contributed by atoms with van der Waals surface area (Å²) < 4.78 is 10.9. The summed E-state index contributed by atoms with van der Waals surface area (Å²) in [7, 11) is 1.64. The van der Waals surface area contributed by atoms with Crippen LogP contribution in [-0.4, -0.2) is 34.8 Å². The standard InChI is InChI=1S/C19H24N4O3/c1-13(2)9-10-26-18-8-7-17(21-22-18)20-19(24)23-11-14-5-4-6-16(25-3)15(14)12-23/h4-8,13H,9-12H2,1-3H3,(H,20,21,24). The molecule has 7 heteroatoms. The first-order valence-electron chi connectivity index (χ1n) is 8.74. The van der Waals surface area contributed by atoms with Crippen LogP contribution in [0.3, 0.4) is 0 Å². The molecule has 0 saturated heterocycles. The second kappa shape index (κ2) is 8.03. The quantitative estimate of drug-likeness (QED) is 0.858. The van der Waals surface area contributed by atoms with Crippen molar-refractivity contribution >= 4 is 11.8 Å². The maximum Gasteiger partial charge on any atom is 0.323 e. The Morgan fingerprint density at radius 1 is 1.23 bits per heavy atom. The first kappa shape index (κ1) is 18.0. The molecular weight excluding hydrogens is 332 g/mol. The molecule has 0 aliphatic carbocycles. The van der Waals surface area contributed by atoms with Crippen LogP contribution in [0.25, 0.3) is 0 Å². The van der Waals surface area contributed by atoms with Crippen LogP contribution in [0.15, 0.2) is 30.3 Å². The van der Waals surface area contributed by atoms with E-state index in [2.05, 4.69) is 29.4 Å². The normalized spacial score (nSPS) is 12.8. The number of amides is 2. The van der Waals surface area contributed by atoms with Crippen LogP contribution in [0.1, 0.15) is 31.4 Å². The monoisotopic (exact) mass is 356 g/mol. The van der Waals surface area contributed by atoms with E-state index >= 15 is 0 Å². The predicted molar refractivity (Wildman–Crippen MR) is 98.2 cm³/mol. The lowest BCUT2D eigenvalue weighted by molar-refractivity contribution is 0.212. The van der Waals surface area contributed by atoms with Crippen molar-refractivity contribution in [1.82, 2.24) is 15.1 Å².